The van der Waals surface area contributed by atoms with Crippen molar-refractivity contribution in [1.29, 1.82) is 0 Å². The number of carbonyl (C=O) groups is 2. The first-order chi connectivity index (χ1) is 14.0. The Balaban J connectivity index is 1.81. The number of amides is 2. The van der Waals surface area contributed by atoms with Gasteiger partial charge in [-0.25, -0.2) is 13.1 Å². The van der Waals surface area contributed by atoms with Gasteiger partial charge in [-0.3, -0.25) is 9.59 Å². The molecule has 0 unspecified atom stereocenters. The molecule has 0 fully saturated rings. The molecular weight excluding hydrogens is 402 g/mol. The van der Waals surface area contributed by atoms with E-state index >= 15 is 0 Å². The van der Waals surface area contributed by atoms with Crippen LogP contribution in [-0.4, -0.2) is 32.8 Å². The van der Waals surface area contributed by atoms with Gasteiger partial charge in [0.05, 0.1) is 12.3 Å². The van der Waals surface area contributed by atoms with E-state index < -0.39 is 10.0 Å². The third kappa shape index (κ3) is 7.96. The molecule has 7 nitrogen and oxygen atoms in total. The molecule has 2 rings (SSSR count). The number of carbonyl (C=O) groups excluding carboxylic acids is 2. The molecule has 0 radical (unpaired) electrons. The van der Waals surface area contributed by atoms with Crippen molar-refractivity contribution >= 4 is 21.8 Å². The fourth-order valence-electron chi connectivity index (χ4n) is 3.01. The Kier molecular flexibility index (Phi) is 8.14. The largest absolute Gasteiger partial charge is 0.350 e. The Morgan fingerprint density at radius 1 is 0.900 bits per heavy atom. The molecule has 0 saturated carbocycles. The van der Waals surface area contributed by atoms with Gasteiger partial charge < -0.3 is 10.6 Å². The predicted octanol–water partition coefficient (Wildman–Crippen LogP) is 2.18. The molecule has 0 aliphatic heterocycles. The quantitative estimate of drug-likeness (QED) is 0.566. The Hall–Kier alpha value is -2.71. The number of hydrogen-bond donors (Lipinski definition) is 3. The van der Waals surface area contributed by atoms with Gasteiger partial charge in [-0.05, 0) is 51.0 Å². The SMILES string of the molecule is Cc1cc(C)cc(C(=O)NCC(=O)NCc2ccc(CS(=O)(=O)NC(C)C)cc2)c1. The van der Waals surface area contributed by atoms with Crippen LogP contribution in [0.4, 0.5) is 0 Å². The first-order valence-electron chi connectivity index (χ1n) is 9.75. The molecule has 30 heavy (non-hydrogen) atoms. The normalized spacial score (nSPS) is 11.4. The Morgan fingerprint density at radius 3 is 2.03 bits per heavy atom. The Bertz CT molecular complexity index is 979. The van der Waals surface area contributed by atoms with Gasteiger partial charge in [-0.15, -0.1) is 0 Å². The summed E-state index contributed by atoms with van der Waals surface area (Å²) in [7, 11) is -3.38. The molecule has 2 aromatic carbocycles. The molecule has 0 bridgehead atoms. The summed E-state index contributed by atoms with van der Waals surface area (Å²) >= 11 is 0. The first-order valence-corrected chi connectivity index (χ1v) is 11.4. The van der Waals surface area contributed by atoms with E-state index in [1.165, 1.54) is 0 Å². The van der Waals surface area contributed by atoms with Crippen LogP contribution >= 0.6 is 0 Å². The van der Waals surface area contributed by atoms with Crippen LogP contribution < -0.4 is 15.4 Å². The maximum atomic E-state index is 12.2. The van der Waals surface area contributed by atoms with E-state index in [1.807, 2.05) is 19.9 Å². The zero-order valence-electron chi connectivity index (χ0n) is 17.8. The molecule has 2 aromatic rings. The molecule has 0 spiro atoms. The highest BCUT2D eigenvalue weighted by molar-refractivity contribution is 7.88. The van der Waals surface area contributed by atoms with Crippen LogP contribution in [0.25, 0.3) is 0 Å². The molecule has 0 aromatic heterocycles. The van der Waals surface area contributed by atoms with Crippen molar-refractivity contribution in [3.63, 3.8) is 0 Å². The van der Waals surface area contributed by atoms with Crippen LogP contribution in [0, 0.1) is 13.8 Å². The monoisotopic (exact) mass is 431 g/mol. The van der Waals surface area contributed by atoms with Crippen molar-refractivity contribution in [2.24, 2.45) is 0 Å². The van der Waals surface area contributed by atoms with E-state index in [2.05, 4.69) is 15.4 Å². The molecule has 0 heterocycles. The fourth-order valence-corrected chi connectivity index (χ4v) is 4.44. The van der Waals surface area contributed by atoms with E-state index in [0.717, 1.165) is 16.7 Å². The molecule has 3 N–H and O–H groups in total. The van der Waals surface area contributed by atoms with Crippen molar-refractivity contribution in [3.05, 3.63) is 70.3 Å². The van der Waals surface area contributed by atoms with Gasteiger partial charge in [0.15, 0.2) is 0 Å². The summed E-state index contributed by atoms with van der Waals surface area (Å²) in [6.45, 7) is 7.54. The van der Waals surface area contributed by atoms with Gasteiger partial charge in [0.25, 0.3) is 5.91 Å². The molecule has 8 heteroatoms. The van der Waals surface area contributed by atoms with E-state index in [1.54, 1.807) is 50.2 Å². The summed E-state index contributed by atoms with van der Waals surface area (Å²) in [5, 5.41) is 5.35. The summed E-state index contributed by atoms with van der Waals surface area (Å²) < 4.78 is 26.5. The third-order valence-corrected chi connectivity index (χ3v) is 5.72. The topological polar surface area (TPSA) is 104 Å². The molecule has 0 aliphatic carbocycles. The molecule has 0 atom stereocenters. The van der Waals surface area contributed by atoms with E-state index in [9.17, 15) is 18.0 Å². The molecule has 0 saturated heterocycles. The van der Waals surface area contributed by atoms with Gasteiger partial charge in [0, 0.05) is 18.2 Å². The second-order valence-corrected chi connectivity index (χ2v) is 9.44. The lowest BCUT2D eigenvalue weighted by Crippen LogP contribution is -2.36. The van der Waals surface area contributed by atoms with Crippen molar-refractivity contribution in [1.82, 2.24) is 15.4 Å². The first kappa shape index (κ1) is 23.6. The van der Waals surface area contributed by atoms with Crippen molar-refractivity contribution in [3.8, 4) is 0 Å². The number of aryl methyl sites for hydroxylation is 2. The summed E-state index contributed by atoms with van der Waals surface area (Å²) in [4.78, 5) is 24.2. The number of rotatable bonds is 9. The molecule has 0 aliphatic rings. The summed E-state index contributed by atoms with van der Waals surface area (Å²) in [6, 6.07) is 12.4. The van der Waals surface area contributed by atoms with Crippen LogP contribution in [-0.2, 0) is 27.1 Å². The van der Waals surface area contributed by atoms with Crippen LogP contribution in [0.5, 0.6) is 0 Å². The van der Waals surface area contributed by atoms with E-state index in [0.29, 0.717) is 11.1 Å². The highest BCUT2D eigenvalue weighted by atomic mass is 32.2. The average Bonchev–Trinajstić information content (AvgIpc) is 2.63. The van der Waals surface area contributed by atoms with Crippen LogP contribution in [0.3, 0.4) is 0 Å². The van der Waals surface area contributed by atoms with Crippen molar-refractivity contribution in [2.45, 2.75) is 46.0 Å². The maximum Gasteiger partial charge on any atom is 0.251 e. The minimum atomic E-state index is -3.38. The highest BCUT2D eigenvalue weighted by Gasteiger charge is 2.13. The lowest BCUT2D eigenvalue weighted by Gasteiger charge is -2.10. The highest BCUT2D eigenvalue weighted by Crippen LogP contribution is 2.09. The summed E-state index contributed by atoms with van der Waals surface area (Å²) in [6.07, 6.45) is 0. The van der Waals surface area contributed by atoms with E-state index in [4.69, 9.17) is 0 Å². The minimum Gasteiger partial charge on any atom is -0.350 e. The number of sulfonamides is 1. The number of nitrogens with one attached hydrogen (secondary N) is 3. The van der Waals surface area contributed by atoms with Crippen molar-refractivity contribution < 1.29 is 18.0 Å². The third-order valence-electron chi connectivity index (χ3n) is 4.18. The molecule has 2 amide bonds. The second kappa shape index (κ2) is 10.4. The zero-order chi connectivity index (χ0) is 22.3. The van der Waals surface area contributed by atoms with Crippen LogP contribution in [0.1, 0.15) is 46.5 Å². The van der Waals surface area contributed by atoms with E-state index in [-0.39, 0.29) is 36.7 Å². The van der Waals surface area contributed by atoms with Crippen LogP contribution in [0.2, 0.25) is 0 Å². The summed E-state index contributed by atoms with van der Waals surface area (Å²) in [5.74, 6) is -0.694. The maximum absolute atomic E-state index is 12.2. The Morgan fingerprint density at radius 2 is 1.47 bits per heavy atom. The van der Waals surface area contributed by atoms with Gasteiger partial charge in [0.1, 0.15) is 0 Å². The Labute approximate surface area is 178 Å². The minimum absolute atomic E-state index is 0.0950. The number of hydrogen-bond acceptors (Lipinski definition) is 4. The predicted molar refractivity (Wildman–Crippen MR) is 117 cm³/mol. The van der Waals surface area contributed by atoms with Crippen molar-refractivity contribution in [2.75, 3.05) is 6.54 Å². The van der Waals surface area contributed by atoms with Gasteiger partial charge in [0.2, 0.25) is 15.9 Å². The second-order valence-electron chi connectivity index (χ2n) is 7.68. The lowest BCUT2D eigenvalue weighted by molar-refractivity contribution is -0.120. The smallest absolute Gasteiger partial charge is 0.251 e. The fraction of sp³-hybridized carbons (Fsp3) is 0.364. The standard InChI is InChI=1S/C22H29N3O4S/c1-15(2)25-30(28,29)14-19-7-5-18(6-8-19)12-23-21(26)13-24-22(27)20-10-16(3)9-17(4)11-20/h5-11,15,25H,12-14H2,1-4H3,(H,23,26)(H,24,27). The number of benzene rings is 2. The zero-order valence-corrected chi connectivity index (χ0v) is 18.6. The van der Waals surface area contributed by atoms with Gasteiger partial charge in [-0.2, -0.15) is 0 Å². The lowest BCUT2D eigenvalue weighted by atomic mass is 10.1. The van der Waals surface area contributed by atoms with Gasteiger partial charge >= 0.3 is 0 Å². The summed E-state index contributed by atoms with van der Waals surface area (Å²) in [5.41, 5.74) is 4.00. The average molecular weight is 432 g/mol. The molecule has 162 valence electrons. The molecular formula is C22H29N3O4S. The van der Waals surface area contributed by atoms with Gasteiger partial charge in [-0.1, -0.05) is 41.5 Å². The van der Waals surface area contributed by atoms with Crippen LogP contribution in [0.15, 0.2) is 42.5 Å².